The molecule has 0 radical (unpaired) electrons. The number of hydrogen-bond donors (Lipinski definition) is 1. The van der Waals surface area contributed by atoms with E-state index in [-0.39, 0.29) is 17.2 Å². The third kappa shape index (κ3) is 2.47. The van der Waals surface area contributed by atoms with E-state index in [4.69, 9.17) is 5.11 Å². The number of nitrogens with zero attached hydrogens (tertiary/aromatic N) is 1. The Morgan fingerprint density at radius 3 is 2.72 bits per heavy atom. The molecule has 4 heteroatoms. The van der Waals surface area contributed by atoms with Crippen LogP contribution in [0.15, 0.2) is 18.2 Å². The molecule has 1 N–H and O–H groups in total. The lowest BCUT2D eigenvalue weighted by molar-refractivity contribution is 0.0623. The van der Waals surface area contributed by atoms with E-state index in [0.717, 1.165) is 12.5 Å². The fraction of sp³-hybridized carbons (Fsp3) is 0.500. The van der Waals surface area contributed by atoms with Crippen LogP contribution in [0.1, 0.15) is 30.6 Å². The lowest BCUT2D eigenvalue weighted by Gasteiger charge is -2.35. The highest BCUT2D eigenvalue weighted by molar-refractivity contribution is 5.94. The van der Waals surface area contributed by atoms with E-state index in [1.165, 1.54) is 12.1 Å². The van der Waals surface area contributed by atoms with Crippen molar-refractivity contribution in [3.8, 4) is 5.75 Å². The number of halogens is 1. The van der Waals surface area contributed by atoms with Crippen molar-refractivity contribution >= 4 is 5.91 Å². The number of benzene rings is 1. The van der Waals surface area contributed by atoms with Crippen LogP contribution in [0, 0.1) is 17.7 Å². The molecule has 2 unspecified atom stereocenters. The molecule has 1 aromatic rings. The van der Waals surface area contributed by atoms with E-state index in [2.05, 4.69) is 13.8 Å². The Kier molecular flexibility index (Phi) is 3.55. The Morgan fingerprint density at radius 2 is 2.11 bits per heavy atom. The second kappa shape index (κ2) is 4.96. The highest BCUT2D eigenvalue weighted by atomic mass is 19.1. The van der Waals surface area contributed by atoms with Crippen molar-refractivity contribution in [3.63, 3.8) is 0 Å². The van der Waals surface area contributed by atoms with Gasteiger partial charge in [-0.1, -0.05) is 13.8 Å². The van der Waals surface area contributed by atoms with Crippen LogP contribution in [0.3, 0.4) is 0 Å². The van der Waals surface area contributed by atoms with Gasteiger partial charge in [0.2, 0.25) is 0 Å². The number of phenols is 1. The smallest absolute Gasteiger partial charge is 0.256 e. The van der Waals surface area contributed by atoms with E-state index >= 15 is 0 Å². The highest BCUT2D eigenvalue weighted by Gasteiger charge is 2.27. The lowest BCUT2D eigenvalue weighted by atomic mass is 9.88. The summed E-state index contributed by atoms with van der Waals surface area (Å²) in [7, 11) is 0. The maximum absolute atomic E-state index is 13.6. The number of aromatic hydroxyl groups is 1. The predicted molar refractivity (Wildman–Crippen MR) is 66.9 cm³/mol. The van der Waals surface area contributed by atoms with Crippen molar-refractivity contribution in [1.29, 1.82) is 0 Å². The van der Waals surface area contributed by atoms with Gasteiger partial charge in [-0.05, 0) is 30.4 Å². The Morgan fingerprint density at radius 1 is 1.39 bits per heavy atom. The van der Waals surface area contributed by atoms with Crippen molar-refractivity contribution in [2.75, 3.05) is 13.1 Å². The first-order valence-corrected chi connectivity index (χ1v) is 6.27. The molecule has 1 aromatic carbocycles. The molecule has 0 aromatic heterocycles. The maximum atomic E-state index is 13.6. The van der Waals surface area contributed by atoms with Gasteiger partial charge in [-0.3, -0.25) is 4.79 Å². The van der Waals surface area contributed by atoms with Gasteiger partial charge in [0.15, 0.2) is 0 Å². The Hall–Kier alpha value is -1.58. The maximum Gasteiger partial charge on any atom is 0.256 e. The average Bonchev–Trinajstić information content (AvgIpc) is 2.32. The van der Waals surface area contributed by atoms with Crippen molar-refractivity contribution in [2.45, 2.75) is 20.3 Å². The lowest BCUT2D eigenvalue weighted by Crippen LogP contribution is -2.42. The topological polar surface area (TPSA) is 40.5 Å². The number of rotatable bonds is 1. The molecule has 1 aliphatic rings. The minimum Gasteiger partial charge on any atom is -0.508 e. The second-order valence-corrected chi connectivity index (χ2v) is 5.16. The highest BCUT2D eigenvalue weighted by Crippen LogP contribution is 2.25. The summed E-state index contributed by atoms with van der Waals surface area (Å²) in [5.41, 5.74) is 0.0366. The third-order valence-corrected chi connectivity index (χ3v) is 3.80. The Balaban J connectivity index is 2.16. The molecular formula is C14H18FNO2. The first kappa shape index (κ1) is 12.9. The largest absolute Gasteiger partial charge is 0.508 e. The summed E-state index contributed by atoms with van der Waals surface area (Å²) < 4.78 is 13.6. The molecule has 0 bridgehead atoms. The summed E-state index contributed by atoms with van der Waals surface area (Å²) in [5, 5.41) is 9.14. The van der Waals surface area contributed by atoms with Crippen LogP contribution < -0.4 is 0 Å². The minimum atomic E-state index is -0.661. The zero-order chi connectivity index (χ0) is 13.3. The van der Waals surface area contributed by atoms with Crippen LogP contribution in [-0.4, -0.2) is 29.0 Å². The Bertz CT molecular complexity index is 461. The SMILES string of the molecule is CC1CCN(C(=O)c2ccc(O)cc2F)CC1C. The summed E-state index contributed by atoms with van der Waals surface area (Å²) in [5.74, 6) is -0.0798. The van der Waals surface area contributed by atoms with Crippen LogP contribution >= 0.6 is 0 Å². The molecule has 1 aliphatic heterocycles. The number of amides is 1. The van der Waals surface area contributed by atoms with Crippen molar-refractivity contribution in [1.82, 2.24) is 4.90 Å². The van der Waals surface area contributed by atoms with E-state index in [9.17, 15) is 9.18 Å². The number of carbonyl (C=O) groups excluding carboxylic acids is 1. The molecule has 98 valence electrons. The molecule has 3 nitrogen and oxygen atoms in total. The standard InChI is InChI=1S/C14H18FNO2/c1-9-5-6-16(8-10(9)2)14(18)12-4-3-11(17)7-13(12)15/h3-4,7,9-10,17H,5-6,8H2,1-2H3. The summed E-state index contributed by atoms with van der Waals surface area (Å²) in [6.45, 7) is 5.62. The minimum absolute atomic E-state index is 0.0366. The van der Waals surface area contributed by atoms with Gasteiger partial charge in [-0.15, -0.1) is 0 Å². The van der Waals surface area contributed by atoms with E-state index in [1.807, 2.05) is 0 Å². The van der Waals surface area contributed by atoms with Gasteiger partial charge in [0, 0.05) is 19.2 Å². The van der Waals surface area contributed by atoms with Crippen LogP contribution in [0.5, 0.6) is 5.75 Å². The van der Waals surface area contributed by atoms with Crippen molar-refractivity contribution < 1.29 is 14.3 Å². The molecule has 18 heavy (non-hydrogen) atoms. The van der Waals surface area contributed by atoms with Crippen LogP contribution in [0.2, 0.25) is 0 Å². The molecule has 0 spiro atoms. The van der Waals surface area contributed by atoms with Gasteiger partial charge in [0.25, 0.3) is 5.91 Å². The summed E-state index contributed by atoms with van der Waals surface area (Å²) in [4.78, 5) is 13.9. The number of piperidine rings is 1. The fourth-order valence-corrected chi connectivity index (χ4v) is 2.30. The van der Waals surface area contributed by atoms with E-state index in [1.54, 1.807) is 4.90 Å². The first-order chi connectivity index (χ1) is 8.49. The fourth-order valence-electron chi connectivity index (χ4n) is 2.30. The second-order valence-electron chi connectivity index (χ2n) is 5.16. The zero-order valence-corrected chi connectivity index (χ0v) is 10.7. The number of carbonyl (C=O) groups is 1. The molecule has 0 aliphatic carbocycles. The van der Waals surface area contributed by atoms with E-state index in [0.29, 0.717) is 24.9 Å². The van der Waals surface area contributed by atoms with Gasteiger partial charge in [-0.25, -0.2) is 4.39 Å². The quantitative estimate of drug-likeness (QED) is 0.833. The molecule has 1 amide bonds. The first-order valence-electron chi connectivity index (χ1n) is 6.27. The summed E-state index contributed by atoms with van der Waals surface area (Å²) in [6, 6.07) is 3.66. The van der Waals surface area contributed by atoms with Crippen LogP contribution in [0.4, 0.5) is 4.39 Å². The van der Waals surface area contributed by atoms with Gasteiger partial charge in [0.1, 0.15) is 11.6 Å². The third-order valence-electron chi connectivity index (χ3n) is 3.80. The van der Waals surface area contributed by atoms with Crippen molar-refractivity contribution in [3.05, 3.63) is 29.6 Å². The van der Waals surface area contributed by atoms with Crippen LogP contribution in [0.25, 0.3) is 0 Å². The van der Waals surface area contributed by atoms with Crippen LogP contribution in [-0.2, 0) is 0 Å². The normalized spacial score (nSPS) is 24.1. The molecule has 1 heterocycles. The zero-order valence-electron chi connectivity index (χ0n) is 10.7. The number of hydrogen-bond acceptors (Lipinski definition) is 2. The molecular weight excluding hydrogens is 233 g/mol. The monoisotopic (exact) mass is 251 g/mol. The molecule has 0 saturated carbocycles. The average molecular weight is 251 g/mol. The van der Waals surface area contributed by atoms with Gasteiger partial charge in [0.05, 0.1) is 5.56 Å². The van der Waals surface area contributed by atoms with E-state index < -0.39 is 5.82 Å². The summed E-state index contributed by atoms with van der Waals surface area (Å²) in [6.07, 6.45) is 0.951. The Labute approximate surface area is 106 Å². The molecule has 1 fully saturated rings. The number of phenolic OH excluding ortho intramolecular Hbond substituents is 1. The van der Waals surface area contributed by atoms with Gasteiger partial charge < -0.3 is 10.0 Å². The van der Waals surface area contributed by atoms with Crippen molar-refractivity contribution in [2.24, 2.45) is 11.8 Å². The predicted octanol–water partition coefficient (Wildman–Crippen LogP) is 2.65. The molecule has 1 saturated heterocycles. The molecule has 2 rings (SSSR count). The summed E-state index contributed by atoms with van der Waals surface area (Å²) >= 11 is 0. The van der Waals surface area contributed by atoms with Gasteiger partial charge >= 0.3 is 0 Å². The number of likely N-dealkylation sites (tertiary alicyclic amines) is 1. The van der Waals surface area contributed by atoms with Gasteiger partial charge in [-0.2, -0.15) is 0 Å². The molecule has 2 atom stereocenters.